The van der Waals surface area contributed by atoms with E-state index in [0.717, 1.165) is 17.0 Å². The van der Waals surface area contributed by atoms with E-state index in [9.17, 15) is 4.79 Å². The predicted octanol–water partition coefficient (Wildman–Crippen LogP) is 3.62. The Morgan fingerprint density at radius 3 is 2.65 bits per heavy atom. The summed E-state index contributed by atoms with van der Waals surface area (Å²) >= 11 is 0. The van der Waals surface area contributed by atoms with Crippen molar-refractivity contribution in [3.05, 3.63) is 71.5 Å². The van der Waals surface area contributed by atoms with Gasteiger partial charge >= 0.3 is 5.97 Å². The SMILES string of the molecule is CCOC(=O)c1nnn(-c2ccccc2)c1/C=C/c1cccc(OC)c1. The number of ether oxygens (including phenoxy) is 2. The molecule has 0 bridgehead atoms. The van der Waals surface area contributed by atoms with E-state index < -0.39 is 5.97 Å². The molecule has 0 saturated heterocycles. The van der Waals surface area contributed by atoms with E-state index in [1.807, 2.05) is 60.7 Å². The first-order chi connectivity index (χ1) is 12.7. The first-order valence-corrected chi connectivity index (χ1v) is 8.23. The highest BCUT2D eigenvalue weighted by Gasteiger charge is 2.19. The third kappa shape index (κ3) is 3.80. The van der Waals surface area contributed by atoms with Gasteiger partial charge in [0, 0.05) is 0 Å². The molecule has 0 amide bonds. The molecule has 1 aromatic heterocycles. The second-order valence-corrected chi connectivity index (χ2v) is 5.40. The Hall–Kier alpha value is -3.41. The molecule has 2 aromatic carbocycles. The van der Waals surface area contributed by atoms with Gasteiger partial charge in [-0.2, -0.15) is 0 Å². The van der Waals surface area contributed by atoms with Crippen molar-refractivity contribution in [2.24, 2.45) is 0 Å². The molecular formula is C20H19N3O3. The molecule has 0 aliphatic carbocycles. The van der Waals surface area contributed by atoms with Crippen molar-refractivity contribution < 1.29 is 14.3 Å². The van der Waals surface area contributed by atoms with E-state index in [0.29, 0.717) is 5.69 Å². The lowest BCUT2D eigenvalue weighted by Gasteiger charge is -2.05. The molecule has 0 N–H and O–H groups in total. The van der Waals surface area contributed by atoms with E-state index in [1.54, 1.807) is 24.8 Å². The fraction of sp³-hybridized carbons (Fsp3) is 0.150. The minimum Gasteiger partial charge on any atom is -0.497 e. The summed E-state index contributed by atoms with van der Waals surface area (Å²) in [7, 11) is 1.62. The first-order valence-electron chi connectivity index (χ1n) is 8.23. The molecular weight excluding hydrogens is 330 g/mol. The Morgan fingerprint density at radius 2 is 1.92 bits per heavy atom. The Morgan fingerprint density at radius 1 is 1.12 bits per heavy atom. The molecule has 6 nitrogen and oxygen atoms in total. The molecule has 0 saturated carbocycles. The van der Waals surface area contributed by atoms with Gasteiger partial charge in [-0.05, 0) is 42.8 Å². The van der Waals surface area contributed by atoms with Crippen molar-refractivity contribution in [1.82, 2.24) is 15.0 Å². The van der Waals surface area contributed by atoms with E-state index in [2.05, 4.69) is 10.3 Å². The van der Waals surface area contributed by atoms with Gasteiger partial charge in [-0.3, -0.25) is 0 Å². The van der Waals surface area contributed by atoms with Gasteiger partial charge < -0.3 is 9.47 Å². The summed E-state index contributed by atoms with van der Waals surface area (Å²) in [5.41, 5.74) is 2.47. The van der Waals surface area contributed by atoms with Gasteiger partial charge in [-0.25, -0.2) is 9.48 Å². The van der Waals surface area contributed by atoms with Crippen molar-refractivity contribution in [2.75, 3.05) is 13.7 Å². The van der Waals surface area contributed by atoms with E-state index in [1.165, 1.54) is 0 Å². The summed E-state index contributed by atoms with van der Waals surface area (Å²) in [6.07, 6.45) is 3.68. The van der Waals surface area contributed by atoms with Gasteiger partial charge in [0.05, 0.1) is 19.4 Å². The van der Waals surface area contributed by atoms with Crippen molar-refractivity contribution in [3.63, 3.8) is 0 Å². The molecule has 26 heavy (non-hydrogen) atoms. The number of aromatic nitrogens is 3. The summed E-state index contributed by atoms with van der Waals surface area (Å²) in [4.78, 5) is 12.2. The van der Waals surface area contributed by atoms with E-state index >= 15 is 0 Å². The standard InChI is InChI=1S/C20H19N3O3/c1-3-26-20(24)19-18(13-12-15-8-7-11-17(14-15)25-2)23(22-21-19)16-9-5-4-6-10-16/h4-14H,3H2,1-2H3/b13-12+. The second kappa shape index (κ2) is 8.11. The highest BCUT2D eigenvalue weighted by Crippen LogP contribution is 2.19. The maximum Gasteiger partial charge on any atom is 0.361 e. The number of para-hydroxylation sites is 1. The fourth-order valence-corrected chi connectivity index (χ4v) is 2.46. The molecule has 3 rings (SSSR count). The predicted molar refractivity (Wildman–Crippen MR) is 99.2 cm³/mol. The highest BCUT2D eigenvalue weighted by molar-refractivity contribution is 5.92. The smallest absolute Gasteiger partial charge is 0.361 e. The number of hydrogen-bond acceptors (Lipinski definition) is 5. The summed E-state index contributed by atoms with van der Waals surface area (Å²) in [6, 6.07) is 17.1. The van der Waals surface area contributed by atoms with Crippen molar-refractivity contribution >= 4 is 18.1 Å². The zero-order valence-electron chi connectivity index (χ0n) is 14.6. The lowest BCUT2D eigenvalue weighted by atomic mass is 10.1. The Bertz CT molecular complexity index is 917. The van der Waals surface area contributed by atoms with Crippen molar-refractivity contribution in [2.45, 2.75) is 6.92 Å². The van der Waals surface area contributed by atoms with Crippen LogP contribution < -0.4 is 4.74 Å². The Labute approximate surface area is 151 Å². The third-order valence-electron chi connectivity index (χ3n) is 3.70. The maximum absolute atomic E-state index is 12.2. The lowest BCUT2D eigenvalue weighted by molar-refractivity contribution is 0.0519. The van der Waals surface area contributed by atoms with Crippen LogP contribution in [0.3, 0.4) is 0 Å². The lowest BCUT2D eigenvalue weighted by Crippen LogP contribution is -2.08. The van der Waals surface area contributed by atoms with Crippen LogP contribution in [-0.2, 0) is 4.74 Å². The number of esters is 1. The molecule has 3 aromatic rings. The van der Waals surface area contributed by atoms with Crippen LogP contribution in [0.1, 0.15) is 28.7 Å². The summed E-state index contributed by atoms with van der Waals surface area (Å²) in [6.45, 7) is 2.03. The molecule has 6 heteroatoms. The van der Waals surface area contributed by atoms with Gasteiger partial charge in [-0.1, -0.05) is 41.6 Å². The number of rotatable bonds is 6. The van der Waals surface area contributed by atoms with Gasteiger partial charge in [0.25, 0.3) is 0 Å². The molecule has 0 unspecified atom stereocenters. The van der Waals surface area contributed by atoms with E-state index in [4.69, 9.17) is 9.47 Å². The van der Waals surface area contributed by atoms with Crippen LogP contribution in [0.25, 0.3) is 17.8 Å². The van der Waals surface area contributed by atoms with Crippen LogP contribution in [0, 0.1) is 0 Å². The Kier molecular flexibility index (Phi) is 5.43. The van der Waals surface area contributed by atoms with Crippen LogP contribution in [-0.4, -0.2) is 34.7 Å². The van der Waals surface area contributed by atoms with Crippen molar-refractivity contribution in [1.29, 1.82) is 0 Å². The topological polar surface area (TPSA) is 66.2 Å². The fourth-order valence-electron chi connectivity index (χ4n) is 2.46. The quantitative estimate of drug-likeness (QED) is 0.636. The van der Waals surface area contributed by atoms with Crippen LogP contribution in [0.15, 0.2) is 54.6 Å². The van der Waals surface area contributed by atoms with Crippen LogP contribution >= 0.6 is 0 Å². The zero-order valence-corrected chi connectivity index (χ0v) is 14.6. The van der Waals surface area contributed by atoms with E-state index in [-0.39, 0.29) is 12.3 Å². The molecule has 0 spiro atoms. The number of carbonyl (C=O) groups is 1. The molecule has 0 fully saturated rings. The molecule has 0 aliphatic rings. The van der Waals surface area contributed by atoms with Gasteiger partial charge in [0.1, 0.15) is 11.4 Å². The first kappa shape index (κ1) is 17.4. The number of carbonyl (C=O) groups excluding carboxylic acids is 1. The summed E-state index contributed by atoms with van der Waals surface area (Å²) in [5, 5.41) is 8.15. The van der Waals surface area contributed by atoms with Crippen LogP contribution in [0.2, 0.25) is 0 Å². The molecule has 132 valence electrons. The minimum atomic E-state index is -0.500. The molecule has 0 atom stereocenters. The number of nitrogens with zero attached hydrogens (tertiary/aromatic N) is 3. The maximum atomic E-state index is 12.2. The monoisotopic (exact) mass is 349 g/mol. The molecule has 1 heterocycles. The van der Waals surface area contributed by atoms with Crippen LogP contribution in [0.4, 0.5) is 0 Å². The Balaban J connectivity index is 2.03. The second-order valence-electron chi connectivity index (χ2n) is 5.40. The highest BCUT2D eigenvalue weighted by atomic mass is 16.5. The number of methoxy groups -OCH3 is 1. The average molecular weight is 349 g/mol. The minimum absolute atomic E-state index is 0.176. The largest absolute Gasteiger partial charge is 0.497 e. The molecule has 0 radical (unpaired) electrons. The normalized spacial score (nSPS) is 10.8. The van der Waals surface area contributed by atoms with Gasteiger partial charge in [0.15, 0.2) is 5.69 Å². The molecule has 0 aliphatic heterocycles. The third-order valence-corrected chi connectivity index (χ3v) is 3.70. The summed E-state index contributed by atoms with van der Waals surface area (Å²) in [5.74, 6) is 0.257. The zero-order chi connectivity index (χ0) is 18.4. The van der Waals surface area contributed by atoms with Crippen LogP contribution in [0.5, 0.6) is 5.75 Å². The number of hydrogen-bond donors (Lipinski definition) is 0. The average Bonchev–Trinajstić information content (AvgIpc) is 3.11. The number of benzene rings is 2. The van der Waals surface area contributed by atoms with Gasteiger partial charge in [-0.15, -0.1) is 5.10 Å². The van der Waals surface area contributed by atoms with Crippen molar-refractivity contribution in [3.8, 4) is 11.4 Å². The van der Waals surface area contributed by atoms with Gasteiger partial charge in [0.2, 0.25) is 0 Å². The summed E-state index contributed by atoms with van der Waals surface area (Å²) < 4.78 is 12.0.